The number of carbonyl (C=O) groups excluding carboxylic acids is 2. The van der Waals surface area contributed by atoms with Crippen molar-refractivity contribution in [3.8, 4) is 0 Å². The first-order chi connectivity index (χ1) is 14.7. The number of hydrazine groups is 1. The highest BCUT2D eigenvalue weighted by atomic mass is 32.2. The van der Waals surface area contributed by atoms with Crippen LogP contribution in [0.4, 0.5) is 14.9 Å². The molecule has 0 spiro atoms. The zero-order valence-electron chi connectivity index (χ0n) is 16.1. The lowest BCUT2D eigenvalue weighted by molar-refractivity contribution is 0.0914. The van der Waals surface area contributed by atoms with Crippen LogP contribution in [0, 0.1) is 5.82 Å². The molecule has 1 heterocycles. The van der Waals surface area contributed by atoms with Gasteiger partial charge in [0.15, 0.2) is 0 Å². The van der Waals surface area contributed by atoms with Crippen molar-refractivity contribution in [2.24, 2.45) is 0 Å². The summed E-state index contributed by atoms with van der Waals surface area (Å²) in [5.41, 5.74) is 3.67. The summed E-state index contributed by atoms with van der Waals surface area (Å²) in [5.74, 6) is -1.38. The molecule has 1 aromatic heterocycles. The summed E-state index contributed by atoms with van der Waals surface area (Å²) in [7, 11) is -4.09. The van der Waals surface area contributed by atoms with Crippen molar-refractivity contribution in [3.63, 3.8) is 0 Å². The first-order valence-corrected chi connectivity index (χ1v) is 10.4. The minimum absolute atomic E-state index is 0.0813. The number of carbonyl (C=O) groups is 2. The number of benzene rings is 2. The van der Waals surface area contributed by atoms with Crippen LogP contribution < -0.4 is 21.1 Å². The second-order valence-electron chi connectivity index (χ2n) is 6.17. The van der Waals surface area contributed by atoms with Crippen LogP contribution in [0.2, 0.25) is 0 Å². The van der Waals surface area contributed by atoms with E-state index in [-0.39, 0.29) is 33.7 Å². The van der Waals surface area contributed by atoms with Gasteiger partial charge in [-0.15, -0.1) is 0 Å². The number of ether oxygens (including phenoxy) is 1. The Labute approximate surface area is 175 Å². The number of H-pyrrole nitrogens is 1. The summed E-state index contributed by atoms with van der Waals surface area (Å²) < 4.78 is 45.4. The fourth-order valence-corrected chi connectivity index (χ4v) is 3.75. The third-order valence-corrected chi connectivity index (χ3v) is 5.40. The van der Waals surface area contributed by atoms with Gasteiger partial charge in [-0.05, 0) is 49.4 Å². The van der Waals surface area contributed by atoms with Crippen molar-refractivity contribution < 1.29 is 27.1 Å². The molecule has 0 bridgehead atoms. The number of halogens is 1. The van der Waals surface area contributed by atoms with Crippen LogP contribution in [0.1, 0.15) is 17.3 Å². The smallest absolute Gasteiger partial charge is 0.426 e. The van der Waals surface area contributed by atoms with Crippen molar-refractivity contribution in [1.82, 2.24) is 15.8 Å². The average Bonchev–Trinajstić information content (AvgIpc) is 2.72. The lowest BCUT2D eigenvalue weighted by atomic mass is 10.1. The molecule has 0 aliphatic carbocycles. The SMILES string of the molecule is CCOC(=O)NNC(=O)c1cc(=O)[nH]c2ccc(S(=O)(=O)Nc3ccc(F)cc3)cc12. The lowest BCUT2D eigenvalue weighted by Gasteiger charge is -2.11. The van der Waals surface area contributed by atoms with Gasteiger partial charge in [0.05, 0.1) is 17.1 Å². The van der Waals surface area contributed by atoms with E-state index in [0.29, 0.717) is 0 Å². The molecule has 2 amide bonds. The van der Waals surface area contributed by atoms with Gasteiger partial charge in [0.2, 0.25) is 5.56 Å². The summed E-state index contributed by atoms with van der Waals surface area (Å²) in [4.78, 5) is 38.0. The number of anilines is 1. The molecule has 10 nitrogen and oxygen atoms in total. The van der Waals surface area contributed by atoms with Crippen LogP contribution in [0.25, 0.3) is 10.9 Å². The standard InChI is InChI=1S/C19H17FN4O6S/c1-2-30-19(27)23-22-18(26)15-10-17(25)21-16-8-7-13(9-14(15)16)31(28,29)24-12-5-3-11(20)4-6-12/h3-10,24H,2H2,1H3,(H,21,25)(H,22,26)(H,23,27). The van der Waals surface area contributed by atoms with Gasteiger partial charge in [-0.25, -0.2) is 23.0 Å². The minimum Gasteiger partial charge on any atom is -0.449 e. The summed E-state index contributed by atoms with van der Waals surface area (Å²) in [6, 6.07) is 9.43. The maximum atomic E-state index is 13.0. The van der Waals surface area contributed by atoms with Gasteiger partial charge >= 0.3 is 6.09 Å². The number of aromatic nitrogens is 1. The lowest BCUT2D eigenvalue weighted by Crippen LogP contribution is -2.42. The second kappa shape index (κ2) is 8.83. The van der Waals surface area contributed by atoms with Gasteiger partial charge in [0.1, 0.15) is 5.82 Å². The number of fused-ring (bicyclic) bond motifs is 1. The molecule has 0 saturated heterocycles. The van der Waals surface area contributed by atoms with Crippen molar-refractivity contribution >= 4 is 38.6 Å². The van der Waals surface area contributed by atoms with Crippen LogP contribution >= 0.6 is 0 Å². The molecule has 0 unspecified atom stereocenters. The summed E-state index contributed by atoms with van der Waals surface area (Å²) in [6.07, 6.45) is -0.906. The van der Waals surface area contributed by atoms with E-state index in [2.05, 4.69) is 19.9 Å². The number of nitrogens with one attached hydrogen (secondary N) is 4. The predicted octanol–water partition coefficient (Wildman–Crippen LogP) is 1.86. The highest BCUT2D eigenvalue weighted by Gasteiger charge is 2.19. The Kier molecular flexibility index (Phi) is 6.20. The molecule has 0 atom stereocenters. The molecule has 3 rings (SSSR count). The van der Waals surface area contributed by atoms with Gasteiger partial charge in [-0.1, -0.05) is 0 Å². The first-order valence-electron chi connectivity index (χ1n) is 8.88. The number of rotatable bonds is 5. The monoisotopic (exact) mass is 448 g/mol. The number of hydrogen-bond acceptors (Lipinski definition) is 6. The van der Waals surface area contributed by atoms with E-state index in [1.807, 2.05) is 5.43 Å². The Hall–Kier alpha value is -3.93. The van der Waals surface area contributed by atoms with Crippen LogP contribution in [0.15, 0.2) is 58.2 Å². The number of sulfonamides is 1. The van der Waals surface area contributed by atoms with Crippen molar-refractivity contribution in [1.29, 1.82) is 0 Å². The van der Waals surface area contributed by atoms with Gasteiger partial charge in [0, 0.05) is 22.7 Å². The molecule has 0 saturated carbocycles. The van der Waals surface area contributed by atoms with Gasteiger partial charge in [-0.3, -0.25) is 19.7 Å². The van der Waals surface area contributed by atoms with Crippen LogP contribution in [0.5, 0.6) is 0 Å². The zero-order chi connectivity index (χ0) is 22.6. The van der Waals surface area contributed by atoms with Crippen molar-refractivity contribution in [2.45, 2.75) is 11.8 Å². The highest BCUT2D eigenvalue weighted by molar-refractivity contribution is 7.92. The molecule has 0 aliphatic rings. The minimum atomic E-state index is -4.09. The van der Waals surface area contributed by atoms with E-state index in [0.717, 1.165) is 18.2 Å². The third-order valence-electron chi connectivity index (χ3n) is 4.02. The van der Waals surface area contributed by atoms with Crippen LogP contribution in [0.3, 0.4) is 0 Å². The van der Waals surface area contributed by atoms with E-state index in [9.17, 15) is 27.2 Å². The van der Waals surface area contributed by atoms with Crippen molar-refractivity contribution in [3.05, 3.63) is 70.3 Å². The van der Waals surface area contributed by atoms with Gasteiger partial charge in [0.25, 0.3) is 15.9 Å². The Morgan fingerprint density at radius 3 is 2.45 bits per heavy atom. The largest absolute Gasteiger partial charge is 0.449 e. The molecule has 3 aromatic rings. The van der Waals surface area contributed by atoms with Gasteiger partial charge < -0.3 is 9.72 Å². The molecular weight excluding hydrogens is 431 g/mol. The fraction of sp³-hybridized carbons (Fsp3) is 0.105. The van der Waals surface area contributed by atoms with Crippen molar-refractivity contribution in [2.75, 3.05) is 11.3 Å². The molecule has 0 aliphatic heterocycles. The number of pyridine rings is 1. The van der Waals surface area contributed by atoms with E-state index >= 15 is 0 Å². The summed E-state index contributed by atoms with van der Waals surface area (Å²) in [6.45, 7) is 1.66. The average molecular weight is 448 g/mol. The van der Waals surface area contributed by atoms with Crippen LogP contribution in [-0.4, -0.2) is 32.0 Å². The number of amides is 2. The summed E-state index contributed by atoms with van der Waals surface area (Å²) >= 11 is 0. The topological polar surface area (TPSA) is 146 Å². The predicted molar refractivity (Wildman–Crippen MR) is 109 cm³/mol. The molecule has 0 fully saturated rings. The quantitative estimate of drug-likeness (QED) is 0.438. The molecule has 0 radical (unpaired) electrons. The molecule has 4 N–H and O–H groups in total. The Balaban J connectivity index is 1.96. The molecular formula is C19H17FN4O6S. The number of aromatic amines is 1. The van der Waals surface area contributed by atoms with E-state index in [1.54, 1.807) is 6.92 Å². The molecule has 162 valence electrons. The third kappa shape index (κ3) is 5.17. The Bertz CT molecular complexity index is 1310. The van der Waals surface area contributed by atoms with E-state index in [4.69, 9.17) is 0 Å². The normalized spacial score (nSPS) is 11.0. The fourth-order valence-electron chi connectivity index (χ4n) is 2.66. The van der Waals surface area contributed by atoms with E-state index in [1.165, 1.54) is 30.3 Å². The first kappa shape index (κ1) is 21.8. The number of hydrogen-bond donors (Lipinski definition) is 4. The van der Waals surface area contributed by atoms with E-state index < -0.39 is 33.4 Å². The zero-order valence-corrected chi connectivity index (χ0v) is 16.9. The molecule has 12 heteroatoms. The Morgan fingerprint density at radius 1 is 1.06 bits per heavy atom. The second-order valence-corrected chi connectivity index (χ2v) is 7.85. The maximum absolute atomic E-state index is 13.0. The molecule has 31 heavy (non-hydrogen) atoms. The van der Waals surface area contributed by atoms with Gasteiger partial charge in [-0.2, -0.15) is 0 Å². The summed E-state index contributed by atoms with van der Waals surface area (Å²) in [5, 5.41) is 0.115. The highest BCUT2D eigenvalue weighted by Crippen LogP contribution is 2.22. The maximum Gasteiger partial charge on any atom is 0.426 e. The van der Waals surface area contributed by atoms with Crippen LogP contribution in [-0.2, 0) is 14.8 Å². The molecule has 2 aromatic carbocycles. The Morgan fingerprint density at radius 2 is 1.77 bits per heavy atom.